The molecule has 1 unspecified atom stereocenters. The zero-order valence-corrected chi connectivity index (χ0v) is 25.6. The van der Waals surface area contributed by atoms with Crippen molar-refractivity contribution in [3.63, 3.8) is 0 Å². The predicted molar refractivity (Wildman–Crippen MR) is 170 cm³/mol. The second-order valence-corrected chi connectivity index (χ2v) is 11.9. The molecule has 3 nitrogen and oxygen atoms in total. The molecule has 0 aliphatic rings. The van der Waals surface area contributed by atoms with Gasteiger partial charge in [-0.1, -0.05) is 69.9 Å². The number of carbonyl (C=O) groups is 1. The Hall–Kier alpha value is -2.54. The number of ketones is 1. The summed E-state index contributed by atoms with van der Waals surface area (Å²) in [7, 11) is 0. The first kappa shape index (κ1) is 28.5. The molecule has 0 saturated carbocycles. The highest BCUT2D eigenvalue weighted by molar-refractivity contribution is 14.1. The summed E-state index contributed by atoms with van der Waals surface area (Å²) in [6, 6.07) is 21.1. The lowest BCUT2D eigenvalue weighted by atomic mass is 9.53. The smallest absolute Gasteiger partial charge is 0.260 e. The van der Waals surface area contributed by atoms with E-state index < -0.39 is 0 Å². The molecule has 0 fully saturated rings. The maximum atomic E-state index is 14.0. The number of aromatic amines is 1. The van der Waals surface area contributed by atoms with Gasteiger partial charge in [0.05, 0.1) is 11.6 Å². The lowest BCUT2D eigenvalue weighted by Gasteiger charge is -2.28. The van der Waals surface area contributed by atoms with E-state index in [-0.39, 0.29) is 18.5 Å². The molecule has 1 atom stereocenters. The van der Waals surface area contributed by atoms with E-state index in [1.54, 1.807) is 0 Å². The van der Waals surface area contributed by atoms with Gasteiger partial charge in [0, 0.05) is 26.7 Å². The summed E-state index contributed by atoms with van der Waals surface area (Å²) in [6.45, 7) is 11.4. The molecule has 198 valence electrons. The van der Waals surface area contributed by atoms with Crippen LogP contribution in [0.4, 0.5) is 0 Å². The molecule has 0 amide bonds. The van der Waals surface area contributed by atoms with Crippen LogP contribution in [0.25, 0.3) is 0 Å². The predicted octanol–water partition coefficient (Wildman–Crippen LogP) is 9.20. The van der Waals surface area contributed by atoms with Crippen LogP contribution in [0.5, 0.6) is 0 Å². The molecular weight excluding hydrogens is 578 g/mol. The lowest BCUT2D eigenvalue weighted by Crippen LogP contribution is -2.31. The van der Waals surface area contributed by atoms with Gasteiger partial charge < -0.3 is 9.46 Å². The number of halogens is 1. The van der Waals surface area contributed by atoms with Crippen molar-refractivity contribution in [1.82, 2.24) is 9.46 Å². The molecule has 38 heavy (non-hydrogen) atoms. The molecule has 0 spiro atoms. The Morgan fingerprint density at radius 3 is 2.11 bits per heavy atom. The van der Waals surface area contributed by atoms with Crippen LogP contribution in [0, 0.1) is 24.3 Å². The quantitative estimate of drug-likeness (QED) is 0.0960. The minimum atomic E-state index is 0.0228. The molecule has 0 saturated heterocycles. The highest BCUT2D eigenvalue weighted by atomic mass is 127. The largest absolute Gasteiger partial charge is 0.386 e. The first-order chi connectivity index (χ1) is 18.3. The van der Waals surface area contributed by atoms with Crippen LogP contribution in [0.1, 0.15) is 95.1 Å². The minimum Gasteiger partial charge on any atom is -0.386 e. The van der Waals surface area contributed by atoms with Crippen LogP contribution in [0.3, 0.4) is 0 Å². The van der Waals surface area contributed by atoms with Gasteiger partial charge in [0.15, 0.2) is 0 Å². The third-order valence-corrected chi connectivity index (χ3v) is 8.41. The van der Waals surface area contributed by atoms with Crippen molar-refractivity contribution in [3.05, 3.63) is 115 Å². The van der Waals surface area contributed by atoms with Crippen LogP contribution in [-0.4, -0.2) is 22.1 Å². The van der Waals surface area contributed by atoms with Crippen LogP contribution in [0.15, 0.2) is 66.9 Å². The van der Waals surface area contributed by atoms with Gasteiger partial charge in [-0.05, 0) is 109 Å². The van der Waals surface area contributed by atoms with Crippen molar-refractivity contribution in [2.75, 3.05) is 0 Å². The van der Waals surface area contributed by atoms with E-state index >= 15 is 0 Å². The molecule has 0 bridgehead atoms. The van der Waals surface area contributed by atoms with Gasteiger partial charge in [-0.25, -0.2) is 0 Å². The lowest BCUT2D eigenvalue weighted by molar-refractivity contribution is 0.103. The standard InChI is InChI=1S/C33H40BIN2O/c1-6-8-18-34(19-9-7-2)37-29(16-17-30(37)33(38)26-12-14-27(35)15-13-26)32(28-11-10-20-36-28)31-24(4)21-23(3)22-25(31)5/h10-17,20-22,32,36H,6-9,18-19H2,1-5H3. The summed E-state index contributed by atoms with van der Waals surface area (Å²) in [5, 5.41) is 0. The Balaban J connectivity index is 1.96. The van der Waals surface area contributed by atoms with E-state index in [4.69, 9.17) is 0 Å². The van der Waals surface area contributed by atoms with Crippen molar-refractivity contribution in [1.29, 1.82) is 0 Å². The maximum absolute atomic E-state index is 14.0. The van der Waals surface area contributed by atoms with E-state index in [0.29, 0.717) is 0 Å². The number of nitrogens with one attached hydrogen (secondary N) is 1. The topological polar surface area (TPSA) is 37.8 Å². The van der Waals surface area contributed by atoms with Gasteiger partial charge in [0.2, 0.25) is 5.78 Å². The molecular formula is C33H40BIN2O. The molecule has 0 aliphatic heterocycles. The van der Waals surface area contributed by atoms with Crippen LogP contribution >= 0.6 is 22.6 Å². The average Bonchev–Trinajstić information content (AvgIpc) is 3.57. The highest BCUT2D eigenvalue weighted by Gasteiger charge is 2.31. The fourth-order valence-electron chi connectivity index (χ4n) is 5.96. The normalized spacial score (nSPS) is 12.1. The van der Waals surface area contributed by atoms with E-state index in [9.17, 15) is 4.79 Å². The Morgan fingerprint density at radius 2 is 1.55 bits per heavy atom. The Labute approximate surface area is 242 Å². The van der Waals surface area contributed by atoms with Crippen molar-refractivity contribution < 1.29 is 4.79 Å². The van der Waals surface area contributed by atoms with Crippen molar-refractivity contribution in [2.45, 2.75) is 78.9 Å². The fraction of sp³-hybridized carbons (Fsp3) is 0.364. The van der Waals surface area contributed by atoms with E-state index in [1.807, 2.05) is 30.5 Å². The fourth-order valence-corrected chi connectivity index (χ4v) is 6.32. The van der Waals surface area contributed by atoms with Crippen LogP contribution < -0.4 is 0 Å². The summed E-state index contributed by atoms with van der Waals surface area (Å²) in [4.78, 5) is 17.6. The third-order valence-electron chi connectivity index (χ3n) is 7.69. The molecule has 4 aromatic rings. The number of hydrogen-bond donors (Lipinski definition) is 1. The summed E-state index contributed by atoms with van der Waals surface area (Å²) in [6.07, 6.45) is 8.77. The highest BCUT2D eigenvalue weighted by Crippen LogP contribution is 2.38. The molecule has 5 heteroatoms. The number of rotatable bonds is 12. The summed E-state index contributed by atoms with van der Waals surface area (Å²) >= 11 is 2.30. The van der Waals surface area contributed by atoms with Gasteiger partial charge in [-0.2, -0.15) is 0 Å². The average molecular weight is 618 g/mol. The SMILES string of the molecule is CCCCB(CCCC)n1c(C(=O)c2ccc(I)cc2)ccc1C(c1ccc[nH]1)c1c(C)cc(C)cc1C. The Morgan fingerprint density at radius 1 is 0.921 bits per heavy atom. The van der Waals surface area contributed by atoms with E-state index in [2.05, 4.69) is 103 Å². The first-order valence-corrected chi connectivity index (χ1v) is 15.2. The second kappa shape index (κ2) is 13.0. The number of unbranched alkanes of at least 4 members (excludes halogenated alkanes) is 2. The molecule has 4 rings (SSSR count). The van der Waals surface area contributed by atoms with Gasteiger partial charge in [0.25, 0.3) is 6.85 Å². The van der Waals surface area contributed by atoms with Gasteiger partial charge in [0.1, 0.15) is 0 Å². The zero-order valence-electron chi connectivity index (χ0n) is 23.5. The Bertz CT molecular complexity index is 1320. The first-order valence-electron chi connectivity index (χ1n) is 14.1. The van der Waals surface area contributed by atoms with Gasteiger partial charge in [-0.15, -0.1) is 0 Å². The van der Waals surface area contributed by atoms with Gasteiger partial charge in [-0.3, -0.25) is 4.79 Å². The summed E-state index contributed by atoms with van der Waals surface area (Å²) in [5.41, 5.74) is 9.11. The summed E-state index contributed by atoms with van der Waals surface area (Å²) in [5.74, 6) is 0.128. The van der Waals surface area contributed by atoms with Crippen LogP contribution in [-0.2, 0) is 0 Å². The maximum Gasteiger partial charge on any atom is 0.260 e. The minimum absolute atomic E-state index is 0.0228. The molecule has 2 aromatic heterocycles. The number of hydrogen-bond acceptors (Lipinski definition) is 1. The number of nitrogens with zero attached hydrogens (tertiary/aromatic N) is 1. The van der Waals surface area contributed by atoms with Crippen molar-refractivity contribution in [3.8, 4) is 0 Å². The molecule has 0 radical (unpaired) electrons. The molecule has 2 heterocycles. The Kier molecular flexibility index (Phi) is 9.75. The third kappa shape index (κ3) is 6.19. The number of carbonyl (C=O) groups excluding carboxylic acids is 1. The van der Waals surface area contributed by atoms with Crippen molar-refractivity contribution in [2.24, 2.45) is 0 Å². The van der Waals surface area contributed by atoms with Gasteiger partial charge >= 0.3 is 0 Å². The van der Waals surface area contributed by atoms with E-state index in [0.717, 1.165) is 58.8 Å². The zero-order chi connectivity index (χ0) is 27.2. The van der Waals surface area contributed by atoms with Crippen molar-refractivity contribution >= 4 is 35.2 Å². The second-order valence-electron chi connectivity index (χ2n) is 10.7. The summed E-state index contributed by atoms with van der Waals surface area (Å²) < 4.78 is 3.56. The number of aryl methyl sites for hydroxylation is 3. The monoisotopic (exact) mass is 618 g/mol. The molecule has 2 aromatic carbocycles. The number of benzene rings is 2. The number of aromatic nitrogens is 2. The molecule has 1 N–H and O–H groups in total. The number of H-pyrrole nitrogens is 1. The molecule has 0 aliphatic carbocycles. The van der Waals surface area contributed by atoms with E-state index in [1.165, 1.54) is 27.9 Å². The van der Waals surface area contributed by atoms with Crippen LogP contribution in [0.2, 0.25) is 12.6 Å².